The molecule has 2 heterocycles. The van der Waals surface area contributed by atoms with Gasteiger partial charge in [0.05, 0.1) is 12.7 Å². The number of halogens is 2. The van der Waals surface area contributed by atoms with Crippen LogP contribution in [0.2, 0.25) is 0 Å². The zero-order chi connectivity index (χ0) is 28.7. The molecular weight excluding hydrogens is 512 g/mol. The zero-order valence-electron chi connectivity index (χ0n) is 23.9. The smallest absolute Gasteiger partial charge is 0.335 e. The summed E-state index contributed by atoms with van der Waals surface area (Å²) in [6.45, 7) is 8.14. The van der Waals surface area contributed by atoms with E-state index in [-0.39, 0.29) is 29.9 Å². The first kappa shape index (κ1) is 28.4. The number of H-pyrrole nitrogens is 1. The van der Waals surface area contributed by atoms with Crippen LogP contribution in [-0.4, -0.2) is 47.1 Å². The summed E-state index contributed by atoms with van der Waals surface area (Å²) < 4.78 is 34.1. The molecule has 1 saturated heterocycles. The first-order valence-corrected chi connectivity index (χ1v) is 14.5. The predicted molar refractivity (Wildman–Crippen MR) is 155 cm³/mol. The van der Waals surface area contributed by atoms with E-state index < -0.39 is 11.9 Å². The summed E-state index contributed by atoms with van der Waals surface area (Å²) in [6, 6.07) is 9.24. The van der Waals surface area contributed by atoms with Crippen LogP contribution in [0.1, 0.15) is 85.5 Å². The Morgan fingerprint density at radius 1 is 1.20 bits per heavy atom. The SMILES string of the molecule is CC.COc1cc(C)c2[nH]ccc2c1CN1CCC2(CC1c1ccc(C(=O)O)cc1NCC1CC1)CC(F)(F)C2. The lowest BCUT2D eigenvalue weighted by Gasteiger charge is -2.55. The molecule has 2 aromatic carbocycles. The lowest BCUT2D eigenvalue weighted by atomic mass is 9.58. The zero-order valence-corrected chi connectivity index (χ0v) is 23.9. The number of ether oxygens (including phenoxy) is 1. The van der Waals surface area contributed by atoms with Crippen LogP contribution in [0.25, 0.3) is 10.9 Å². The van der Waals surface area contributed by atoms with E-state index in [1.165, 1.54) is 12.8 Å². The third-order valence-electron chi connectivity index (χ3n) is 8.89. The van der Waals surface area contributed by atoms with E-state index in [0.29, 0.717) is 25.4 Å². The molecule has 1 atom stereocenters. The first-order valence-electron chi connectivity index (χ1n) is 14.5. The van der Waals surface area contributed by atoms with Crippen molar-refractivity contribution in [3.8, 4) is 5.75 Å². The number of likely N-dealkylation sites (tertiary alicyclic amines) is 1. The summed E-state index contributed by atoms with van der Waals surface area (Å²) in [7, 11) is 1.68. The van der Waals surface area contributed by atoms with E-state index in [9.17, 15) is 18.7 Å². The van der Waals surface area contributed by atoms with Crippen molar-refractivity contribution < 1.29 is 23.4 Å². The van der Waals surface area contributed by atoms with Crippen LogP contribution in [0.5, 0.6) is 5.75 Å². The van der Waals surface area contributed by atoms with E-state index in [1.54, 1.807) is 19.2 Å². The molecule has 8 heteroatoms. The molecule has 3 fully saturated rings. The molecule has 1 unspecified atom stereocenters. The number of nitrogens with zero attached hydrogens (tertiary/aromatic N) is 1. The van der Waals surface area contributed by atoms with Crippen LogP contribution < -0.4 is 10.1 Å². The maximum absolute atomic E-state index is 14.1. The predicted octanol–water partition coefficient (Wildman–Crippen LogP) is 7.78. The number of piperidine rings is 1. The van der Waals surface area contributed by atoms with Crippen LogP contribution >= 0.6 is 0 Å². The number of fused-ring (bicyclic) bond motifs is 1. The van der Waals surface area contributed by atoms with E-state index in [4.69, 9.17) is 4.74 Å². The monoisotopic (exact) mass is 553 g/mol. The van der Waals surface area contributed by atoms with Gasteiger partial charge in [0.15, 0.2) is 0 Å². The van der Waals surface area contributed by atoms with Gasteiger partial charge in [-0.05, 0) is 85.9 Å². The Labute approximate surface area is 235 Å². The van der Waals surface area contributed by atoms with Crippen LogP contribution in [0.4, 0.5) is 14.5 Å². The van der Waals surface area contributed by atoms with E-state index in [1.807, 2.05) is 32.2 Å². The Balaban J connectivity index is 0.00000158. The van der Waals surface area contributed by atoms with E-state index >= 15 is 0 Å². The summed E-state index contributed by atoms with van der Waals surface area (Å²) in [5.41, 5.74) is 4.88. The molecule has 1 aliphatic heterocycles. The highest BCUT2D eigenvalue weighted by atomic mass is 19.3. The molecule has 1 spiro atoms. The molecule has 1 aromatic heterocycles. The number of carboxylic acids is 1. The summed E-state index contributed by atoms with van der Waals surface area (Å²) in [6.07, 6.45) is 5.49. The number of hydrogen-bond acceptors (Lipinski definition) is 4. The number of aromatic amines is 1. The normalized spacial score (nSPS) is 21.4. The Hall–Kier alpha value is -3.13. The third kappa shape index (κ3) is 5.55. The molecule has 6 nitrogen and oxygen atoms in total. The molecule has 6 rings (SSSR count). The molecule has 0 amide bonds. The summed E-state index contributed by atoms with van der Waals surface area (Å²) in [5.74, 6) is -2.14. The summed E-state index contributed by atoms with van der Waals surface area (Å²) in [5, 5.41) is 14.3. The highest BCUT2D eigenvalue weighted by Gasteiger charge is 2.58. The highest BCUT2D eigenvalue weighted by molar-refractivity contribution is 5.89. The van der Waals surface area contributed by atoms with Gasteiger partial charge in [0.2, 0.25) is 5.92 Å². The first-order chi connectivity index (χ1) is 19.2. The van der Waals surface area contributed by atoms with Crippen molar-refractivity contribution in [1.29, 1.82) is 0 Å². The van der Waals surface area contributed by atoms with Gasteiger partial charge in [-0.3, -0.25) is 4.90 Å². The number of aromatic nitrogens is 1. The number of alkyl halides is 2. The fourth-order valence-electron chi connectivity index (χ4n) is 6.73. The molecule has 3 aliphatic rings. The Morgan fingerprint density at radius 3 is 2.60 bits per heavy atom. The number of rotatable bonds is 8. The average Bonchev–Trinajstić information content (AvgIpc) is 3.62. The molecule has 2 aliphatic carbocycles. The minimum absolute atomic E-state index is 0.0711. The number of aromatic carboxylic acids is 1. The quantitative estimate of drug-likeness (QED) is 0.265. The number of benzene rings is 2. The van der Waals surface area contributed by atoms with Gasteiger partial charge in [0, 0.05) is 60.3 Å². The lowest BCUT2D eigenvalue weighted by molar-refractivity contribution is -0.186. The Bertz CT molecular complexity index is 1370. The molecular formula is C32H41F2N3O3. The largest absolute Gasteiger partial charge is 0.496 e. The number of hydrogen-bond donors (Lipinski definition) is 3. The average molecular weight is 554 g/mol. The van der Waals surface area contributed by atoms with Gasteiger partial charge in [-0.2, -0.15) is 0 Å². The number of anilines is 1. The fourth-order valence-corrected chi connectivity index (χ4v) is 6.73. The highest BCUT2D eigenvalue weighted by Crippen LogP contribution is 2.61. The van der Waals surface area contributed by atoms with Gasteiger partial charge < -0.3 is 20.1 Å². The molecule has 2 saturated carbocycles. The van der Waals surface area contributed by atoms with Gasteiger partial charge in [-0.15, -0.1) is 0 Å². The van der Waals surface area contributed by atoms with Crippen molar-refractivity contribution in [2.75, 3.05) is 25.5 Å². The standard InChI is InChI=1S/C30H35F2N3O3.C2H6/c1-18-11-26(38-2)23(21-7-9-33-27(18)21)15-35-10-8-29(16-30(31,32)17-29)13-25(35)22-6-5-20(28(36)37)12-24(22)34-14-19-3-4-19;1-2/h5-7,9,11-12,19,25,33-34H,3-4,8,10,13-17H2,1-2H3,(H,36,37);1-2H3. The molecule has 216 valence electrons. The molecule has 40 heavy (non-hydrogen) atoms. The van der Waals surface area contributed by atoms with Crippen molar-refractivity contribution in [3.05, 3.63) is 58.8 Å². The van der Waals surface area contributed by atoms with Crippen molar-refractivity contribution >= 4 is 22.6 Å². The van der Waals surface area contributed by atoms with Crippen LogP contribution in [0.3, 0.4) is 0 Å². The number of carbonyl (C=O) groups is 1. The number of carboxylic acid groups (broad SMARTS) is 1. The van der Waals surface area contributed by atoms with Crippen molar-refractivity contribution in [2.45, 2.75) is 77.8 Å². The van der Waals surface area contributed by atoms with Crippen molar-refractivity contribution in [3.63, 3.8) is 0 Å². The maximum Gasteiger partial charge on any atom is 0.335 e. The third-order valence-corrected chi connectivity index (χ3v) is 8.89. The minimum atomic E-state index is -2.59. The minimum Gasteiger partial charge on any atom is -0.496 e. The van der Waals surface area contributed by atoms with Gasteiger partial charge in [0.1, 0.15) is 5.75 Å². The second-order valence-electron chi connectivity index (χ2n) is 11.7. The van der Waals surface area contributed by atoms with Crippen molar-refractivity contribution in [1.82, 2.24) is 9.88 Å². The summed E-state index contributed by atoms with van der Waals surface area (Å²) in [4.78, 5) is 17.5. The Kier molecular flexibility index (Phi) is 7.83. The molecule has 0 radical (unpaired) electrons. The van der Waals surface area contributed by atoms with Crippen LogP contribution in [0, 0.1) is 18.3 Å². The molecule has 3 aromatic rings. The van der Waals surface area contributed by atoms with E-state index in [0.717, 1.165) is 52.0 Å². The summed E-state index contributed by atoms with van der Waals surface area (Å²) >= 11 is 0. The lowest BCUT2D eigenvalue weighted by Crippen LogP contribution is -2.53. The maximum atomic E-state index is 14.1. The van der Waals surface area contributed by atoms with E-state index in [2.05, 4.69) is 28.2 Å². The Morgan fingerprint density at radius 2 is 1.95 bits per heavy atom. The van der Waals surface area contributed by atoms with Gasteiger partial charge >= 0.3 is 5.97 Å². The second-order valence-corrected chi connectivity index (χ2v) is 11.7. The second kappa shape index (κ2) is 11.0. The number of nitrogens with one attached hydrogen (secondary N) is 2. The molecule has 0 bridgehead atoms. The van der Waals surface area contributed by atoms with Crippen LogP contribution in [-0.2, 0) is 6.54 Å². The van der Waals surface area contributed by atoms with Crippen LogP contribution in [0.15, 0.2) is 36.5 Å². The van der Waals surface area contributed by atoms with Gasteiger partial charge in [-0.25, -0.2) is 13.6 Å². The number of methoxy groups -OCH3 is 1. The van der Waals surface area contributed by atoms with Gasteiger partial charge in [-0.1, -0.05) is 19.9 Å². The fraction of sp³-hybridized carbons (Fsp3) is 0.531. The molecule has 3 N–H and O–H groups in total. The topological polar surface area (TPSA) is 77.6 Å². The number of aryl methyl sites for hydroxylation is 1. The van der Waals surface area contributed by atoms with Crippen molar-refractivity contribution in [2.24, 2.45) is 11.3 Å². The van der Waals surface area contributed by atoms with Gasteiger partial charge in [0.25, 0.3) is 0 Å².